The lowest BCUT2D eigenvalue weighted by molar-refractivity contribution is 0.448. The zero-order valence-electron chi connectivity index (χ0n) is 10.9. The molecule has 0 saturated carbocycles. The van der Waals surface area contributed by atoms with Crippen LogP contribution in [0.2, 0.25) is 0 Å². The van der Waals surface area contributed by atoms with Gasteiger partial charge in [-0.05, 0) is 6.42 Å². The van der Waals surface area contributed by atoms with E-state index in [1.165, 1.54) is 6.07 Å². The van der Waals surface area contributed by atoms with E-state index in [-0.39, 0.29) is 11.6 Å². The van der Waals surface area contributed by atoms with Crippen LogP contribution in [0.3, 0.4) is 0 Å². The zero-order chi connectivity index (χ0) is 14.5. The molecular formula is C13H14F2N4O. The van der Waals surface area contributed by atoms with Crippen LogP contribution in [0, 0.1) is 11.6 Å². The first-order valence-corrected chi connectivity index (χ1v) is 6.09. The van der Waals surface area contributed by atoms with Gasteiger partial charge in [0.1, 0.15) is 29.0 Å². The number of hydrazine groups is 1. The number of aromatic nitrogens is 2. The van der Waals surface area contributed by atoms with Gasteiger partial charge in [-0.3, -0.25) is 0 Å². The van der Waals surface area contributed by atoms with Crippen LogP contribution in [-0.4, -0.2) is 9.97 Å². The molecule has 0 atom stereocenters. The predicted molar refractivity (Wildman–Crippen MR) is 70.3 cm³/mol. The lowest BCUT2D eigenvalue weighted by atomic mass is 10.3. The molecule has 0 unspecified atom stereocenters. The molecule has 2 rings (SSSR count). The highest BCUT2D eigenvalue weighted by molar-refractivity contribution is 5.39. The Kier molecular flexibility index (Phi) is 4.41. The van der Waals surface area contributed by atoms with Crippen LogP contribution < -0.4 is 16.0 Å². The van der Waals surface area contributed by atoms with Crippen molar-refractivity contribution in [1.29, 1.82) is 0 Å². The van der Waals surface area contributed by atoms with Gasteiger partial charge in [-0.2, -0.15) is 4.98 Å². The normalized spacial score (nSPS) is 10.4. The maximum Gasteiger partial charge on any atom is 0.224 e. The summed E-state index contributed by atoms with van der Waals surface area (Å²) in [6.07, 6.45) is 1.49. The molecule has 5 nitrogen and oxygen atoms in total. The number of rotatable bonds is 5. The number of aryl methyl sites for hydroxylation is 1. The van der Waals surface area contributed by atoms with Crippen LogP contribution in [0.1, 0.15) is 19.2 Å². The van der Waals surface area contributed by atoms with Gasteiger partial charge in [0.25, 0.3) is 0 Å². The van der Waals surface area contributed by atoms with Gasteiger partial charge in [-0.25, -0.2) is 19.6 Å². The van der Waals surface area contributed by atoms with Crippen molar-refractivity contribution in [2.24, 2.45) is 5.84 Å². The molecule has 3 N–H and O–H groups in total. The van der Waals surface area contributed by atoms with Crippen LogP contribution in [-0.2, 0) is 6.42 Å². The van der Waals surface area contributed by atoms with Crippen molar-refractivity contribution in [2.45, 2.75) is 19.8 Å². The number of hydrogen-bond donors (Lipinski definition) is 2. The quantitative estimate of drug-likeness (QED) is 0.651. The Hall–Kier alpha value is -2.28. The first-order valence-electron chi connectivity index (χ1n) is 6.09. The summed E-state index contributed by atoms with van der Waals surface area (Å²) in [6.45, 7) is 1.98. The highest BCUT2D eigenvalue weighted by atomic mass is 19.1. The van der Waals surface area contributed by atoms with Crippen LogP contribution in [0.15, 0.2) is 24.3 Å². The highest BCUT2D eigenvalue weighted by Crippen LogP contribution is 2.23. The maximum atomic E-state index is 13.1. The molecule has 0 amide bonds. The van der Waals surface area contributed by atoms with Gasteiger partial charge < -0.3 is 10.2 Å². The zero-order valence-corrected chi connectivity index (χ0v) is 10.9. The van der Waals surface area contributed by atoms with Crippen molar-refractivity contribution in [3.8, 4) is 11.6 Å². The summed E-state index contributed by atoms with van der Waals surface area (Å²) in [4.78, 5) is 8.29. The Labute approximate surface area is 114 Å². The second kappa shape index (κ2) is 6.25. The molecule has 1 aromatic carbocycles. The summed E-state index contributed by atoms with van der Waals surface area (Å²) in [5.41, 5.74) is 2.40. The average Bonchev–Trinajstić information content (AvgIpc) is 2.37. The summed E-state index contributed by atoms with van der Waals surface area (Å²) in [7, 11) is 0. The lowest BCUT2D eigenvalue weighted by Gasteiger charge is -2.08. The third-order valence-electron chi connectivity index (χ3n) is 2.43. The van der Waals surface area contributed by atoms with Crippen molar-refractivity contribution in [1.82, 2.24) is 9.97 Å². The molecule has 0 saturated heterocycles. The Balaban J connectivity index is 2.29. The van der Waals surface area contributed by atoms with E-state index in [1.54, 1.807) is 0 Å². The first kappa shape index (κ1) is 14.1. The lowest BCUT2D eigenvalue weighted by Crippen LogP contribution is -2.10. The standard InChI is InChI=1S/C13H14F2N4O/c1-2-3-11-17-12(19-16)7-13(18-11)20-10-5-8(14)4-9(15)6-10/h4-7H,2-3,16H2,1H3,(H,17,18,19). The summed E-state index contributed by atoms with van der Waals surface area (Å²) >= 11 is 0. The van der Waals surface area contributed by atoms with E-state index in [1.807, 2.05) is 6.92 Å². The van der Waals surface area contributed by atoms with Gasteiger partial charge >= 0.3 is 0 Å². The molecule has 106 valence electrons. The van der Waals surface area contributed by atoms with E-state index in [4.69, 9.17) is 10.6 Å². The minimum atomic E-state index is -0.722. The average molecular weight is 280 g/mol. The van der Waals surface area contributed by atoms with Crippen LogP contribution in [0.5, 0.6) is 11.6 Å². The number of ether oxygens (including phenoxy) is 1. The summed E-state index contributed by atoms with van der Waals surface area (Å²) in [6, 6.07) is 4.35. The Morgan fingerprint density at radius 1 is 1.15 bits per heavy atom. The smallest absolute Gasteiger partial charge is 0.224 e. The van der Waals surface area contributed by atoms with E-state index in [9.17, 15) is 8.78 Å². The number of halogens is 2. The highest BCUT2D eigenvalue weighted by Gasteiger charge is 2.08. The number of nitrogens with zero attached hydrogens (tertiary/aromatic N) is 2. The SMILES string of the molecule is CCCc1nc(NN)cc(Oc2cc(F)cc(F)c2)n1. The third kappa shape index (κ3) is 3.61. The monoisotopic (exact) mass is 280 g/mol. The number of nitrogens with two attached hydrogens (primary N) is 1. The first-order chi connectivity index (χ1) is 9.60. The molecule has 0 aliphatic rings. The van der Waals surface area contributed by atoms with E-state index < -0.39 is 11.6 Å². The summed E-state index contributed by atoms with van der Waals surface area (Å²) in [5.74, 6) is 4.96. The number of nitrogen functional groups attached to an aromatic ring is 1. The second-order valence-electron chi connectivity index (χ2n) is 4.11. The number of hydrogen-bond acceptors (Lipinski definition) is 5. The molecule has 1 aromatic heterocycles. The fourth-order valence-electron chi connectivity index (χ4n) is 1.64. The van der Waals surface area contributed by atoms with Gasteiger partial charge in [-0.1, -0.05) is 6.92 Å². The molecule has 2 aromatic rings. The maximum absolute atomic E-state index is 13.1. The fourth-order valence-corrected chi connectivity index (χ4v) is 1.64. The molecule has 0 spiro atoms. The van der Waals surface area contributed by atoms with Gasteiger partial charge in [0.2, 0.25) is 5.88 Å². The summed E-state index contributed by atoms with van der Waals surface area (Å²) in [5, 5.41) is 0. The van der Waals surface area contributed by atoms with Gasteiger partial charge in [0, 0.05) is 30.7 Å². The van der Waals surface area contributed by atoms with Gasteiger partial charge in [0.05, 0.1) is 0 Å². The topological polar surface area (TPSA) is 73.1 Å². The second-order valence-corrected chi connectivity index (χ2v) is 4.11. The minimum Gasteiger partial charge on any atom is -0.439 e. The number of benzene rings is 1. The van der Waals surface area contributed by atoms with E-state index in [2.05, 4.69) is 15.4 Å². The van der Waals surface area contributed by atoms with Gasteiger partial charge in [-0.15, -0.1) is 0 Å². The molecule has 0 aliphatic heterocycles. The summed E-state index contributed by atoms with van der Waals surface area (Å²) < 4.78 is 31.5. The van der Waals surface area contributed by atoms with E-state index in [0.717, 1.165) is 24.6 Å². The molecule has 20 heavy (non-hydrogen) atoms. The van der Waals surface area contributed by atoms with Crippen LogP contribution in [0.4, 0.5) is 14.6 Å². The van der Waals surface area contributed by atoms with Gasteiger partial charge in [0.15, 0.2) is 0 Å². The largest absolute Gasteiger partial charge is 0.439 e. The molecule has 7 heteroatoms. The Morgan fingerprint density at radius 2 is 1.85 bits per heavy atom. The molecule has 0 bridgehead atoms. The van der Waals surface area contributed by atoms with Crippen molar-refractivity contribution < 1.29 is 13.5 Å². The molecule has 0 radical (unpaired) electrons. The number of nitrogens with one attached hydrogen (secondary N) is 1. The number of anilines is 1. The predicted octanol–water partition coefficient (Wildman–Crippen LogP) is 2.79. The fraction of sp³-hybridized carbons (Fsp3) is 0.231. The van der Waals surface area contributed by atoms with E-state index in [0.29, 0.717) is 18.1 Å². The molecule has 0 aliphatic carbocycles. The van der Waals surface area contributed by atoms with Crippen molar-refractivity contribution in [3.05, 3.63) is 41.7 Å². The minimum absolute atomic E-state index is 0.0200. The van der Waals surface area contributed by atoms with Crippen molar-refractivity contribution in [3.63, 3.8) is 0 Å². The van der Waals surface area contributed by atoms with Crippen LogP contribution in [0.25, 0.3) is 0 Å². The van der Waals surface area contributed by atoms with Crippen molar-refractivity contribution >= 4 is 5.82 Å². The molecule has 1 heterocycles. The molecule has 0 fully saturated rings. The van der Waals surface area contributed by atoms with Crippen molar-refractivity contribution in [2.75, 3.05) is 5.43 Å². The van der Waals surface area contributed by atoms with Crippen LogP contribution >= 0.6 is 0 Å². The van der Waals surface area contributed by atoms with E-state index >= 15 is 0 Å². The third-order valence-corrected chi connectivity index (χ3v) is 2.43. The molecular weight excluding hydrogens is 266 g/mol. The Morgan fingerprint density at radius 3 is 2.45 bits per heavy atom. The Bertz CT molecular complexity index is 587.